The quantitative estimate of drug-likeness (QED) is 0.458. The highest BCUT2D eigenvalue weighted by molar-refractivity contribution is 5.73. The molecule has 1 rings (SSSR count). The molecule has 0 radical (unpaired) electrons. The van der Waals surface area contributed by atoms with Crippen LogP contribution in [0.4, 0.5) is 9.59 Å². The van der Waals surface area contributed by atoms with E-state index >= 15 is 0 Å². The predicted octanol–water partition coefficient (Wildman–Crippen LogP) is 5.27. The summed E-state index contributed by atoms with van der Waals surface area (Å²) in [6.07, 6.45) is 4.82. The summed E-state index contributed by atoms with van der Waals surface area (Å²) in [5.41, 5.74) is 0.835. The lowest BCUT2D eigenvalue weighted by Crippen LogP contribution is -2.03. The van der Waals surface area contributed by atoms with Gasteiger partial charge in [0, 0.05) is 0 Å². The third-order valence-corrected chi connectivity index (χ3v) is 3.14. The van der Waals surface area contributed by atoms with Crippen LogP contribution in [0.1, 0.15) is 51.0 Å². The number of hydrogen-bond donors (Lipinski definition) is 0. The normalized spacial score (nSPS) is 10.7. The van der Waals surface area contributed by atoms with E-state index in [1.807, 2.05) is 30.3 Å². The van der Waals surface area contributed by atoms with E-state index in [1.165, 1.54) is 19.3 Å². The first-order valence-corrected chi connectivity index (χ1v) is 8.01. The van der Waals surface area contributed by atoms with Gasteiger partial charge in [-0.2, -0.15) is 0 Å². The summed E-state index contributed by atoms with van der Waals surface area (Å²) in [6.45, 7) is 2.55. The van der Waals surface area contributed by atoms with Gasteiger partial charge in [0.25, 0.3) is 0 Å². The fourth-order valence-corrected chi connectivity index (χ4v) is 1.90. The average molecular weight is 320 g/mol. The summed E-state index contributed by atoms with van der Waals surface area (Å²) in [4.78, 5) is 22.6. The van der Waals surface area contributed by atoms with Crippen LogP contribution in [0.3, 0.4) is 0 Å². The van der Waals surface area contributed by atoms with Gasteiger partial charge in [0.1, 0.15) is 6.61 Å². The topological polar surface area (TPSA) is 77.3 Å². The molecule has 0 saturated carbocycles. The monoisotopic (exact) mass is 320 g/mol. The molecule has 6 nitrogen and oxygen atoms in total. The SMILES string of the molecule is CCCCCCCCOC(=O)/N=N/C(=O)OCc1ccccc1. The van der Waals surface area contributed by atoms with E-state index < -0.39 is 12.2 Å². The Morgan fingerprint density at radius 1 is 0.870 bits per heavy atom. The van der Waals surface area contributed by atoms with Gasteiger partial charge in [0.2, 0.25) is 0 Å². The number of nitrogens with zero attached hydrogens (tertiary/aromatic N) is 2. The summed E-state index contributed by atoms with van der Waals surface area (Å²) >= 11 is 0. The van der Waals surface area contributed by atoms with Crippen LogP contribution in [0.25, 0.3) is 0 Å². The lowest BCUT2D eigenvalue weighted by molar-refractivity contribution is 0.141. The van der Waals surface area contributed by atoms with Crippen molar-refractivity contribution in [3.63, 3.8) is 0 Å². The minimum absolute atomic E-state index is 0.0888. The number of unbranched alkanes of at least 4 members (excludes halogenated alkanes) is 5. The van der Waals surface area contributed by atoms with Gasteiger partial charge in [0.15, 0.2) is 0 Å². The number of ether oxygens (including phenoxy) is 2. The zero-order valence-corrected chi connectivity index (χ0v) is 13.6. The molecule has 6 heteroatoms. The van der Waals surface area contributed by atoms with E-state index in [0.29, 0.717) is 6.61 Å². The third-order valence-electron chi connectivity index (χ3n) is 3.14. The number of carbonyl (C=O) groups excluding carboxylic acids is 2. The van der Waals surface area contributed by atoms with Crippen molar-refractivity contribution in [1.82, 2.24) is 0 Å². The lowest BCUT2D eigenvalue weighted by Gasteiger charge is -2.01. The van der Waals surface area contributed by atoms with Gasteiger partial charge >= 0.3 is 12.2 Å². The Bertz CT molecular complexity index is 489. The molecule has 0 unspecified atom stereocenters. The van der Waals surface area contributed by atoms with Gasteiger partial charge in [-0.3, -0.25) is 0 Å². The fraction of sp³-hybridized carbons (Fsp3) is 0.529. The smallest absolute Gasteiger partial charge is 0.447 e. The maximum atomic E-state index is 11.3. The van der Waals surface area contributed by atoms with Crippen LogP contribution in [0.2, 0.25) is 0 Å². The van der Waals surface area contributed by atoms with E-state index in [9.17, 15) is 9.59 Å². The molecule has 0 saturated heterocycles. The molecular weight excluding hydrogens is 296 g/mol. The molecular formula is C17H24N2O4. The Kier molecular flexibility index (Phi) is 10.1. The van der Waals surface area contributed by atoms with Crippen molar-refractivity contribution in [3.05, 3.63) is 35.9 Å². The van der Waals surface area contributed by atoms with E-state index in [-0.39, 0.29) is 6.61 Å². The van der Waals surface area contributed by atoms with Crippen LogP contribution in [0.5, 0.6) is 0 Å². The first-order valence-electron chi connectivity index (χ1n) is 8.01. The molecule has 1 aromatic carbocycles. The van der Waals surface area contributed by atoms with Crippen molar-refractivity contribution in [2.75, 3.05) is 6.61 Å². The van der Waals surface area contributed by atoms with E-state index in [0.717, 1.165) is 24.8 Å². The third kappa shape index (κ3) is 10.2. The van der Waals surface area contributed by atoms with Gasteiger partial charge in [-0.05, 0) is 12.0 Å². The van der Waals surface area contributed by atoms with Crippen molar-refractivity contribution >= 4 is 12.2 Å². The zero-order chi connectivity index (χ0) is 16.8. The van der Waals surface area contributed by atoms with Crippen LogP contribution in [0.15, 0.2) is 40.6 Å². The molecule has 0 atom stereocenters. The highest BCUT2D eigenvalue weighted by Crippen LogP contribution is 2.05. The second-order valence-corrected chi connectivity index (χ2v) is 5.12. The van der Waals surface area contributed by atoms with Crippen LogP contribution in [0, 0.1) is 0 Å². The number of benzene rings is 1. The molecule has 0 bridgehead atoms. The zero-order valence-electron chi connectivity index (χ0n) is 13.6. The molecule has 0 aliphatic carbocycles. The van der Waals surface area contributed by atoms with Gasteiger partial charge in [-0.25, -0.2) is 9.59 Å². The average Bonchev–Trinajstić information content (AvgIpc) is 2.58. The van der Waals surface area contributed by atoms with Gasteiger partial charge in [-0.1, -0.05) is 79.6 Å². The molecule has 0 spiro atoms. The highest BCUT2D eigenvalue weighted by Gasteiger charge is 2.04. The predicted molar refractivity (Wildman–Crippen MR) is 86.2 cm³/mol. The summed E-state index contributed by atoms with van der Waals surface area (Å²) in [5.74, 6) is 0. The summed E-state index contributed by atoms with van der Waals surface area (Å²) in [7, 11) is 0. The van der Waals surface area contributed by atoms with E-state index in [1.54, 1.807) is 0 Å². The Morgan fingerprint density at radius 2 is 1.48 bits per heavy atom. The molecule has 0 fully saturated rings. The summed E-state index contributed by atoms with van der Waals surface area (Å²) in [5, 5.41) is 6.34. The van der Waals surface area contributed by atoms with Gasteiger partial charge in [0.05, 0.1) is 6.61 Å². The molecule has 23 heavy (non-hydrogen) atoms. The molecule has 0 N–H and O–H groups in total. The number of rotatable bonds is 9. The molecule has 126 valence electrons. The Labute approximate surface area is 136 Å². The van der Waals surface area contributed by atoms with Crippen LogP contribution < -0.4 is 0 Å². The van der Waals surface area contributed by atoms with Gasteiger partial charge in [-0.15, -0.1) is 0 Å². The lowest BCUT2D eigenvalue weighted by atomic mass is 10.1. The van der Waals surface area contributed by atoms with E-state index in [4.69, 9.17) is 9.47 Å². The summed E-state index contributed by atoms with van der Waals surface area (Å²) < 4.78 is 9.71. The van der Waals surface area contributed by atoms with E-state index in [2.05, 4.69) is 17.2 Å². The number of azo groups is 1. The van der Waals surface area contributed by atoms with Crippen molar-refractivity contribution < 1.29 is 19.1 Å². The van der Waals surface area contributed by atoms with Crippen LogP contribution in [-0.2, 0) is 16.1 Å². The highest BCUT2D eigenvalue weighted by atomic mass is 16.6. The van der Waals surface area contributed by atoms with Crippen molar-refractivity contribution in [3.8, 4) is 0 Å². The Hall–Kier alpha value is -2.24. The molecule has 0 aromatic heterocycles. The minimum Gasteiger partial charge on any atom is -0.447 e. The standard InChI is InChI=1S/C17H24N2O4/c1-2-3-4-5-6-10-13-22-16(20)18-19-17(21)23-14-15-11-8-7-9-12-15/h7-9,11-12H,2-6,10,13-14H2,1H3/b19-18+. The number of amides is 2. The molecule has 0 aliphatic heterocycles. The largest absolute Gasteiger partial charge is 0.452 e. The molecule has 0 aliphatic rings. The van der Waals surface area contributed by atoms with Crippen molar-refractivity contribution in [1.29, 1.82) is 0 Å². The maximum absolute atomic E-state index is 11.3. The van der Waals surface area contributed by atoms with Crippen molar-refractivity contribution in [2.45, 2.75) is 52.1 Å². The number of hydrogen-bond acceptors (Lipinski definition) is 4. The molecule has 1 aromatic rings. The van der Waals surface area contributed by atoms with Crippen LogP contribution in [-0.4, -0.2) is 18.8 Å². The number of carbonyl (C=O) groups is 2. The molecule has 2 amide bonds. The Balaban J connectivity index is 2.08. The first-order chi connectivity index (χ1) is 11.2. The van der Waals surface area contributed by atoms with Gasteiger partial charge < -0.3 is 9.47 Å². The Morgan fingerprint density at radius 3 is 2.17 bits per heavy atom. The van der Waals surface area contributed by atoms with Crippen LogP contribution >= 0.6 is 0 Å². The fourth-order valence-electron chi connectivity index (χ4n) is 1.90. The maximum Gasteiger partial charge on any atom is 0.452 e. The second kappa shape index (κ2) is 12.3. The minimum atomic E-state index is -0.912. The second-order valence-electron chi connectivity index (χ2n) is 5.12. The molecule has 0 heterocycles. The van der Waals surface area contributed by atoms with Crippen molar-refractivity contribution in [2.24, 2.45) is 10.2 Å². The first kappa shape index (κ1) is 18.8. The summed E-state index contributed by atoms with van der Waals surface area (Å²) in [6, 6.07) is 9.18.